The van der Waals surface area contributed by atoms with Crippen LogP contribution in [-0.4, -0.2) is 26.1 Å². The number of methoxy groups -OCH3 is 1. The monoisotopic (exact) mass is 272 g/mol. The lowest BCUT2D eigenvalue weighted by molar-refractivity contribution is -0.110. The van der Waals surface area contributed by atoms with E-state index in [0.29, 0.717) is 13.0 Å². The molecule has 1 aromatic rings. The number of hydrogen-bond acceptors (Lipinski definition) is 3. The first-order valence-electron chi connectivity index (χ1n) is 4.61. The van der Waals surface area contributed by atoms with Crippen LogP contribution in [0.2, 0.25) is 0 Å². The molecule has 0 aliphatic carbocycles. The number of aldehydes is 1. The molecular formula is C11H13BrO3. The van der Waals surface area contributed by atoms with Crippen molar-refractivity contribution >= 4 is 22.2 Å². The van der Waals surface area contributed by atoms with Gasteiger partial charge in [0.05, 0.1) is 6.10 Å². The van der Waals surface area contributed by atoms with E-state index in [1.807, 2.05) is 24.3 Å². The lowest BCUT2D eigenvalue weighted by Gasteiger charge is -2.13. The van der Waals surface area contributed by atoms with Gasteiger partial charge in [0.1, 0.15) is 18.6 Å². The number of carbonyl (C=O) groups is 1. The number of carbonyl (C=O) groups excluding carboxylic acids is 1. The fraction of sp³-hybridized carbons (Fsp3) is 0.364. The van der Waals surface area contributed by atoms with Crippen LogP contribution < -0.4 is 4.74 Å². The molecule has 0 radical (unpaired) electrons. The van der Waals surface area contributed by atoms with Crippen LogP contribution in [0.25, 0.3) is 0 Å². The minimum Gasteiger partial charge on any atom is -0.491 e. The van der Waals surface area contributed by atoms with Gasteiger partial charge < -0.3 is 14.3 Å². The molecule has 0 heterocycles. The Morgan fingerprint density at radius 2 is 2.07 bits per heavy atom. The zero-order valence-electron chi connectivity index (χ0n) is 8.48. The van der Waals surface area contributed by atoms with Crippen molar-refractivity contribution in [1.29, 1.82) is 0 Å². The van der Waals surface area contributed by atoms with Gasteiger partial charge in [-0.25, -0.2) is 0 Å². The van der Waals surface area contributed by atoms with Gasteiger partial charge >= 0.3 is 0 Å². The average Bonchev–Trinajstić information content (AvgIpc) is 2.26. The van der Waals surface area contributed by atoms with E-state index < -0.39 is 0 Å². The molecule has 1 unspecified atom stereocenters. The van der Waals surface area contributed by atoms with Crippen LogP contribution in [0, 0.1) is 0 Å². The van der Waals surface area contributed by atoms with Gasteiger partial charge in [-0.05, 0) is 24.3 Å². The first-order valence-corrected chi connectivity index (χ1v) is 5.40. The van der Waals surface area contributed by atoms with Crippen molar-refractivity contribution in [2.24, 2.45) is 0 Å². The van der Waals surface area contributed by atoms with Gasteiger partial charge in [0.15, 0.2) is 0 Å². The summed E-state index contributed by atoms with van der Waals surface area (Å²) in [5, 5.41) is 0. The number of rotatable bonds is 6. The highest BCUT2D eigenvalue weighted by Crippen LogP contribution is 2.16. The van der Waals surface area contributed by atoms with Gasteiger partial charge in [0, 0.05) is 18.0 Å². The van der Waals surface area contributed by atoms with E-state index in [0.717, 1.165) is 16.5 Å². The van der Waals surface area contributed by atoms with Crippen LogP contribution >= 0.6 is 15.9 Å². The highest BCUT2D eigenvalue weighted by atomic mass is 79.9. The lowest BCUT2D eigenvalue weighted by Crippen LogP contribution is -2.20. The SMILES string of the molecule is COC(CC=O)COc1ccc(Br)cc1. The Hall–Kier alpha value is -0.870. The second kappa shape index (κ2) is 6.58. The molecule has 0 fully saturated rings. The molecule has 82 valence electrons. The summed E-state index contributed by atoms with van der Waals surface area (Å²) in [6, 6.07) is 7.52. The number of hydrogen-bond donors (Lipinski definition) is 0. The summed E-state index contributed by atoms with van der Waals surface area (Å²) in [6.07, 6.45) is 1.01. The Balaban J connectivity index is 2.41. The highest BCUT2D eigenvalue weighted by Gasteiger charge is 2.07. The van der Waals surface area contributed by atoms with E-state index >= 15 is 0 Å². The van der Waals surface area contributed by atoms with E-state index in [9.17, 15) is 4.79 Å². The van der Waals surface area contributed by atoms with Crippen molar-refractivity contribution < 1.29 is 14.3 Å². The predicted molar refractivity (Wildman–Crippen MR) is 61.1 cm³/mol. The van der Waals surface area contributed by atoms with E-state index in [1.54, 1.807) is 7.11 Å². The van der Waals surface area contributed by atoms with Crippen LogP contribution in [0.3, 0.4) is 0 Å². The Kier molecular flexibility index (Phi) is 5.36. The summed E-state index contributed by atoms with van der Waals surface area (Å²) >= 11 is 3.34. The molecule has 0 spiro atoms. The molecule has 0 bridgehead atoms. The molecule has 0 saturated carbocycles. The molecule has 0 aliphatic rings. The molecule has 4 heteroatoms. The summed E-state index contributed by atoms with van der Waals surface area (Å²) in [4.78, 5) is 10.3. The Bertz CT molecular complexity index is 297. The standard InChI is InChI=1S/C11H13BrO3/c1-14-11(6-7-13)8-15-10-4-2-9(12)3-5-10/h2-5,7,11H,6,8H2,1H3. The number of halogens is 1. The third kappa shape index (κ3) is 4.44. The summed E-state index contributed by atoms with van der Waals surface area (Å²) < 4.78 is 11.5. The molecule has 1 atom stereocenters. The minimum atomic E-state index is -0.175. The third-order valence-electron chi connectivity index (χ3n) is 1.94. The summed E-state index contributed by atoms with van der Waals surface area (Å²) in [7, 11) is 1.57. The smallest absolute Gasteiger partial charge is 0.122 e. The molecule has 0 N–H and O–H groups in total. The Morgan fingerprint density at radius 1 is 1.40 bits per heavy atom. The average molecular weight is 273 g/mol. The molecule has 0 amide bonds. The van der Waals surface area contributed by atoms with Crippen LogP contribution in [0.5, 0.6) is 5.75 Å². The van der Waals surface area contributed by atoms with Crippen molar-refractivity contribution in [3.05, 3.63) is 28.7 Å². The fourth-order valence-electron chi connectivity index (χ4n) is 1.06. The molecule has 1 aromatic carbocycles. The topological polar surface area (TPSA) is 35.5 Å². The molecule has 0 aromatic heterocycles. The second-order valence-electron chi connectivity index (χ2n) is 3.03. The summed E-state index contributed by atoms with van der Waals surface area (Å²) in [6.45, 7) is 0.386. The quantitative estimate of drug-likeness (QED) is 0.747. The molecule has 0 aliphatic heterocycles. The molecule has 3 nitrogen and oxygen atoms in total. The van der Waals surface area contributed by atoms with Gasteiger partial charge in [-0.15, -0.1) is 0 Å². The van der Waals surface area contributed by atoms with Gasteiger partial charge in [-0.3, -0.25) is 0 Å². The van der Waals surface area contributed by atoms with Gasteiger partial charge in [0.25, 0.3) is 0 Å². The maximum atomic E-state index is 10.3. The predicted octanol–water partition coefficient (Wildman–Crippen LogP) is 2.43. The normalized spacial score (nSPS) is 12.1. The van der Waals surface area contributed by atoms with Crippen LogP contribution in [-0.2, 0) is 9.53 Å². The van der Waals surface area contributed by atoms with Gasteiger partial charge in [0.2, 0.25) is 0 Å². The maximum absolute atomic E-state index is 10.3. The highest BCUT2D eigenvalue weighted by molar-refractivity contribution is 9.10. The Labute approximate surface area is 97.5 Å². The van der Waals surface area contributed by atoms with Crippen LogP contribution in [0.15, 0.2) is 28.7 Å². The van der Waals surface area contributed by atoms with Crippen LogP contribution in [0.1, 0.15) is 6.42 Å². The van der Waals surface area contributed by atoms with E-state index in [2.05, 4.69) is 15.9 Å². The zero-order valence-corrected chi connectivity index (χ0v) is 10.1. The first kappa shape index (κ1) is 12.2. The van der Waals surface area contributed by atoms with Gasteiger partial charge in [-0.2, -0.15) is 0 Å². The zero-order chi connectivity index (χ0) is 11.1. The minimum absolute atomic E-state index is 0.175. The summed E-state index contributed by atoms with van der Waals surface area (Å²) in [5.41, 5.74) is 0. The van der Waals surface area contributed by atoms with Gasteiger partial charge in [-0.1, -0.05) is 15.9 Å². The number of ether oxygens (including phenoxy) is 2. The van der Waals surface area contributed by atoms with Crippen molar-refractivity contribution in [2.45, 2.75) is 12.5 Å². The largest absolute Gasteiger partial charge is 0.491 e. The maximum Gasteiger partial charge on any atom is 0.122 e. The summed E-state index contributed by atoms with van der Waals surface area (Å²) in [5.74, 6) is 0.770. The van der Waals surface area contributed by atoms with Crippen molar-refractivity contribution in [3.8, 4) is 5.75 Å². The van der Waals surface area contributed by atoms with Crippen LogP contribution in [0.4, 0.5) is 0 Å². The molecule has 15 heavy (non-hydrogen) atoms. The van der Waals surface area contributed by atoms with Crippen molar-refractivity contribution in [3.63, 3.8) is 0 Å². The number of benzene rings is 1. The third-order valence-corrected chi connectivity index (χ3v) is 2.47. The van der Waals surface area contributed by atoms with E-state index in [4.69, 9.17) is 9.47 Å². The second-order valence-corrected chi connectivity index (χ2v) is 3.94. The molecular weight excluding hydrogens is 260 g/mol. The van der Waals surface area contributed by atoms with Crippen molar-refractivity contribution in [1.82, 2.24) is 0 Å². The molecule has 1 rings (SSSR count). The van der Waals surface area contributed by atoms with E-state index in [-0.39, 0.29) is 6.10 Å². The Morgan fingerprint density at radius 3 is 2.60 bits per heavy atom. The van der Waals surface area contributed by atoms with Crippen molar-refractivity contribution in [2.75, 3.05) is 13.7 Å². The fourth-order valence-corrected chi connectivity index (χ4v) is 1.32. The van der Waals surface area contributed by atoms with E-state index in [1.165, 1.54) is 0 Å². The molecule has 0 saturated heterocycles. The first-order chi connectivity index (χ1) is 7.26. The lowest BCUT2D eigenvalue weighted by atomic mass is 10.3.